The van der Waals surface area contributed by atoms with Crippen LogP contribution in [0.15, 0.2) is 67.0 Å². The lowest BCUT2D eigenvalue weighted by atomic mass is 10.2. The van der Waals surface area contributed by atoms with Crippen molar-refractivity contribution in [2.24, 2.45) is 0 Å². The first kappa shape index (κ1) is 16.2. The molecule has 0 fully saturated rings. The second kappa shape index (κ2) is 8.26. The van der Waals surface area contributed by atoms with Gasteiger partial charge in [-0.15, -0.1) is 11.3 Å². The number of nitrogens with one attached hydrogen (secondary N) is 1. The first-order chi connectivity index (χ1) is 11.8. The topological polar surface area (TPSA) is 46.9 Å². The lowest BCUT2D eigenvalue weighted by molar-refractivity contribution is -0.116. The average Bonchev–Trinajstić information content (AvgIpc) is 3.29. The zero-order valence-electron chi connectivity index (χ0n) is 13.3. The number of aromatic nitrogens is 2. The summed E-state index contributed by atoms with van der Waals surface area (Å²) in [6.45, 7) is 1.45. The van der Waals surface area contributed by atoms with Crippen molar-refractivity contribution in [2.75, 3.05) is 6.54 Å². The Morgan fingerprint density at radius 3 is 2.83 bits per heavy atom. The van der Waals surface area contributed by atoms with Crippen LogP contribution in [0.3, 0.4) is 0 Å². The molecule has 3 aromatic rings. The molecule has 0 bridgehead atoms. The van der Waals surface area contributed by atoms with E-state index in [4.69, 9.17) is 0 Å². The van der Waals surface area contributed by atoms with E-state index >= 15 is 0 Å². The minimum absolute atomic E-state index is 0.0647. The predicted octanol–water partition coefficient (Wildman–Crippen LogP) is 3.83. The third-order valence-electron chi connectivity index (χ3n) is 3.51. The Morgan fingerprint density at radius 1 is 1.17 bits per heavy atom. The normalized spacial score (nSPS) is 11.0. The van der Waals surface area contributed by atoms with E-state index < -0.39 is 0 Å². The van der Waals surface area contributed by atoms with Crippen LogP contribution < -0.4 is 5.32 Å². The second-order valence-electron chi connectivity index (χ2n) is 5.32. The van der Waals surface area contributed by atoms with Crippen LogP contribution in [-0.4, -0.2) is 22.2 Å². The van der Waals surface area contributed by atoms with Gasteiger partial charge in [0.05, 0.1) is 0 Å². The van der Waals surface area contributed by atoms with Gasteiger partial charge in [0.2, 0.25) is 5.91 Å². The largest absolute Gasteiger partial charge is 0.352 e. The quantitative estimate of drug-likeness (QED) is 0.526. The maximum Gasteiger partial charge on any atom is 0.244 e. The van der Waals surface area contributed by atoms with Crippen LogP contribution >= 0.6 is 11.3 Å². The molecule has 4 nitrogen and oxygen atoms in total. The van der Waals surface area contributed by atoms with Gasteiger partial charge in [-0.3, -0.25) is 9.48 Å². The fourth-order valence-corrected chi connectivity index (χ4v) is 3.22. The summed E-state index contributed by atoms with van der Waals surface area (Å²) >= 11 is 1.68. The van der Waals surface area contributed by atoms with Gasteiger partial charge >= 0.3 is 0 Å². The van der Waals surface area contributed by atoms with Gasteiger partial charge < -0.3 is 5.32 Å². The Kier molecular flexibility index (Phi) is 5.58. The Balaban J connectivity index is 1.45. The Labute approximate surface area is 145 Å². The number of hydrogen-bond acceptors (Lipinski definition) is 3. The van der Waals surface area contributed by atoms with Gasteiger partial charge in [-0.1, -0.05) is 30.3 Å². The predicted molar refractivity (Wildman–Crippen MR) is 98.6 cm³/mol. The number of aryl methyl sites for hydroxylation is 1. The van der Waals surface area contributed by atoms with E-state index in [0.29, 0.717) is 6.54 Å². The number of amides is 1. The Morgan fingerprint density at radius 2 is 2.04 bits per heavy atom. The highest BCUT2D eigenvalue weighted by Gasteiger charge is 2.01. The standard InChI is InChI=1S/C19H19N3OS/c23-19(20-12-4-14-22-15-5-13-21-22)11-9-17-8-10-18(24-17)16-6-2-1-3-7-16/h1-3,5-11,13,15H,4,12,14H2,(H,20,23)/b11-9+. The molecular weight excluding hydrogens is 318 g/mol. The summed E-state index contributed by atoms with van der Waals surface area (Å²) in [5.74, 6) is -0.0647. The lowest BCUT2D eigenvalue weighted by Crippen LogP contribution is -2.23. The molecule has 0 aliphatic rings. The SMILES string of the molecule is O=C(/C=C/c1ccc(-c2ccccc2)s1)NCCCn1cccn1. The van der Waals surface area contributed by atoms with Gasteiger partial charge in [0, 0.05) is 41.3 Å². The minimum atomic E-state index is -0.0647. The summed E-state index contributed by atoms with van der Waals surface area (Å²) in [5.41, 5.74) is 1.20. The van der Waals surface area contributed by atoms with Crippen molar-refractivity contribution in [3.63, 3.8) is 0 Å². The van der Waals surface area contributed by atoms with Gasteiger partial charge in [-0.2, -0.15) is 5.10 Å². The molecule has 0 saturated heterocycles. The summed E-state index contributed by atoms with van der Waals surface area (Å²) in [6, 6.07) is 16.3. The molecule has 0 spiro atoms. The smallest absolute Gasteiger partial charge is 0.244 e. The number of thiophene rings is 1. The minimum Gasteiger partial charge on any atom is -0.352 e. The van der Waals surface area contributed by atoms with Crippen molar-refractivity contribution in [3.8, 4) is 10.4 Å². The molecule has 0 atom stereocenters. The van der Waals surface area contributed by atoms with Crippen molar-refractivity contribution in [1.82, 2.24) is 15.1 Å². The molecule has 24 heavy (non-hydrogen) atoms. The molecule has 0 unspecified atom stereocenters. The maximum absolute atomic E-state index is 11.8. The second-order valence-corrected chi connectivity index (χ2v) is 6.43. The molecule has 1 N–H and O–H groups in total. The molecule has 2 heterocycles. The van der Waals surface area contributed by atoms with Crippen LogP contribution in [0.2, 0.25) is 0 Å². The van der Waals surface area contributed by atoms with Crippen LogP contribution in [0, 0.1) is 0 Å². The summed E-state index contributed by atoms with van der Waals surface area (Å²) in [4.78, 5) is 14.1. The molecule has 1 aromatic carbocycles. The van der Waals surface area contributed by atoms with Crippen molar-refractivity contribution < 1.29 is 4.79 Å². The van der Waals surface area contributed by atoms with E-state index in [1.165, 1.54) is 10.4 Å². The number of benzene rings is 1. The van der Waals surface area contributed by atoms with Gasteiger partial charge in [0.25, 0.3) is 0 Å². The fraction of sp³-hybridized carbons (Fsp3) is 0.158. The van der Waals surface area contributed by atoms with Crippen LogP contribution in [0.25, 0.3) is 16.5 Å². The molecule has 0 saturated carbocycles. The third kappa shape index (κ3) is 4.67. The first-order valence-corrected chi connectivity index (χ1v) is 8.71. The number of carbonyl (C=O) groups excluding carboxylic acids is 1. The summed E-state index contributed by atoms with van der Waals surface area (Å²) in [5, 5.41) is 7.02. The van der Waals surface area contributed by atoms with E-state index in [0.717, 1.165) is 17.8 Å². The molecule has 122 valence electrons. The van der Waals surface area contributed by atoms with Crippen molar-refractivity contribution in [1.29, 1.82) is 0 Å². The number of rotatable bonds is 7. The third-order valence-corrected chi connectivity index (χ3v) is 4.61. The fourth-order valence-electron chi connectivity index (χ4n) is 2.30. The highest BCUT2D eigenvalue weighted by Crippen LogP contribution is 2.28. The van der Waals surface area contributed by atoms with Crippen molar-refractivity contribution in [2.45, 2.75) is 13.0 Å². The van der Waals surface area contributed by atoms with Gasteiger partial charge in [0.1, 0.15) is 0 Å². The molecule has 0 aliphatic heterocycles. The zero-order chi connectivity index (χ0) is 16.6. The molecular formula is C19H19N3OS. The molecule has 2 aromatic heterocycles. The number of hydrogen-bond donors (Lipinski definition) is 1. The van der Waals surface area contributed by atoms with Crippen LogP contribution in [0.4, 0.5) is 0 Å². The van der Waals surface area contributed by atoms with E-state index in [1.54, 1.807) is 23.6 Å². The highest BCUT2D eigenvalue weighted by molar-refractivity contribution is 7.16. The van der Waals surface area contributed by atoms with Crippen LogP contribution in [0.5, 0.6) is 0 Å². The maximum atomic E-state index is 11.8. The summed E-state index contributed by atoms with van der Waals surface area (Å²) in [7, 11) is 0. The molecule has 1 amide bonds. The number of nitrogens with zero attached hydrogens (tertiary/aromatic N) is 2. The first-order valence-electron chi connectivity index (χ1n) is 7.90. The van der Waals surface area contributed by atoms with Crippen LogP contribution in [0.1, 0.15) is 11.3 Å². The zero-order valence-corrected chi connectivity index (χ0v) is 14.1. The van der Waals surface area contributed by atoms with E-state index in [9.17, 15) is 4.79 Å². The van der Waals surface area contributed by atoms with Crippen molar-refractivity contribution in [3.05, 3.63) is 71.9 Å². The monoisotopic (exact) mass is 337 g/mol. The number of carbonyl (C=O) groups is 1. The van der Waals surface area contributed by atoms with Gasteiger partial charge in [-0.25, -0.2) is 0 Å². The van der Waals surface area contributed by atoms with Crippen LogP contribution in [-0.2, 0) is 11.3 Å². The van der Waals surface area contributed by atoms with Gasteiger partial charge in [-0.05, 0) is 36.3 Å². The van der Waals surface area contributed by atoms with Gasteiger partial charge in [0.15, 0.2) is 0 Å². The summed E-state index contributed by atoms with van der Waals surface area (Å²) in [6.07, 6.45) is 7.99. The Hall–Kier alpha value is -2.66. The lowest BCUT2D eigenvalue weighted by Gasteiger charge is -2.02. The molecule has 3 rings (SSSR count). The Bertz CT molecular complexity index is 791. The molecule has 5 heteroatoms. The average molecular weight is 337 g/mol. The van der Waals surface area contributed by atoms with Crippen molar-refractivity contribution >= 4 is 23.3 Å². The summed E-state index contributed by atoms with van der Waals surface area (Å²) < 4.78 is 1.86. The van der Waals surface area contributed by atoms with E-state index in [1.807, 2.05) is 47.3 Å². The van der Waals surface area contributed by atoms with E-state index in [2.05, 4.69) is 28.6 Å². The molecule has 0 aliphatic carbocycles. The molecule has 0 radical (unpaired) electrons. The highest BCUT2D eigenvalue weighted by atomic mass is 32.1. The van der Waals surface area contributed by atoms with E-state index in [-0.39, 0.29) is 5.91 Å².